The van der Waals surface area contributed by atoms with Crippen molar-refractivity contribution in [1.29, 1.82) is 0 Å². The van der Waals surface area contributed by atoms with Gasteiger partial charge < -0.3 is 9.64 Å². The van der Waals surface area contributed by atoms with E-state index in [-0.39, 0.29) is 17.7 Å². The highest BCUT2D eigenvalue weighted by atomic mass is 35.5. The number of methoxy groups -OCH3 is 1. The van der Waals surface area contributed by atoms with Crippen molar-refractivity contribution in [2.45, 2.75) is 18.9 Å². The van der Waals surface area contributed by atoms with Crippen molar-refractivity contribution >= 4 is 23.4 Å². The van der Waals surface area contributed by atoms with Crippen molar-refractivity contribution in [1.82, 2.24) is 4.90 Å². The number of nitrogens with zero attached hydrogens (tertiary/aromatic N) is 1. The van der Waals surface area contributed by atoms with Gasteiger partial charge in [-0.2, -0.15) is 0 Å². The number of ether oxygens (including phenoxy) is 1. The Hall–Kier alpha value is -2.85. The molecule has 0 saturated carbocycles. The van der Waals surface area contributed by atoms with Crippen LogP contribution in [0.25, 0.3) is 0 Å². The van der Waals surface area contributed by atoms with Gasteiger partial charge in [-0.15, -0.1) is 0 Å². The van der Waals surface area contributed by atoms with E-state index in [1.165, 1.54) is 7.11 Å². The Morgan fingerprint density at radius 3 is 2.37 bits per heavy atom. The quantitative estimate of drug-likeness (QED) is 0.561. The van der Waals surface area contributed by atoms with E-state index < -0.39 is 6.04 Å². The smallest absolute Gasteiger partial charge is 0.328 e. The molecule has 2 aromatic rings. The molecule has 1 aliphatic rings. The molecule has 2 aromatic carbocycles. The van der Waals surface area contributed by atoms with E-state index in [0.717, 1.165) is 5.56 Å². The minimum absolute atomic E-state index is 0.0815. The SMILES string of the molecule is COC(=O)C(C)N1C=CC(c2ccc(Cl)cc2)C(C(=O)c2ccccc2)=C1. The first-order chi connectivity index (χ1) is 13.0. The highest BCUT2D eigenvalue weighted by molar-refractivity contribution is 6.30. The van der Waals surface area contributed by atoms with Crippen LogP contribution >= 0.6 is 11.6 Å². The molecule has 0 bridgehead atoms. The summed E-state index contributed by atoms with van der Waals surface area (Å²) in [4.78, 5) is 26.8. The number of Topliss-reactive ketones (excluding diaryl/α,β-unsaturated/α-hetero) is 1. The first-order valence-electron chi connectivity index (χ1n) is 8.61. The van der Waals surface area contributed by atoms with Crippen molar-refractivity contribution < 1.29 is 14.3 Å². The summed E-state index contributed by atoms with van der Waals surface area (Å²) in [6, 6.07) is 16.0. The zero-order valence-electron chi connectivity index (χ0n) is 15.1. The average molecular weight is 382 g/mol. The third-order valence-electron chi connectivity index (χ3n) is 4.59. The van der Waals surface area contributed by atoms with Gasteiger partial charge in [-0.25, -0.2) is 4.79 Å². The maximum Gasteiger partial charge on any atom is 0.328 e. The largest absolute Gasteiger partial charge is 0.467 e. The van der Waals surface area contributed by atoms with Gasteiger partial charge >= 0.3 is 5.97 Å². The third-order valence-corrected chi connectivity index (χ3v) is 4.84. The van der Waals surface area contributed by atoms with E-state index in [4.69, 9.17) is 16.3 Å². The molecule has 0 amide bonds. The van der Waals surface area contributed by atoms with Crippen molar-refractivity contribution in [2.75, 3.05) is 7.11 Å². The van der Waals surface area contributed by atoms with Crippen LogP contribution in [0.4, 0.5) is 0 Å². The summed E-state index contributed by atoms with van der Waals surface area (Å²) in [5.41, 5.74) is 2.14. The summed E-state index contributed by atoms with van der Waals surface area (Å²) < 4.78 is 4.83. The van der Waals surface area contributed by atoms with E-state index in [1.54, 1.807) is 42.3 Å². The summed E-state index contributed by atoms with van der Waals surface area (Å²) in [6.45, 7) is 1.74. The highest BCUT2D eigenvalue weighted by Crippen LogP contribution is 2.33. The maximum atomic E-state index is 13.2. The van der Waals surface area contributed by atoms with Crippen LogP contribution in [0.3, 0.4) is 0 Å². The number of carbonyl (C=O) groups excluding carboxylic acids is 2. The molecule has 1 heterocycles. The van der Waals surface area contributed by atoms with Gasteiger partial charge in [0.2, 0.25) is 0 Å². The lowest BCUT2D eigenvalue weighted by Crippen LogP contribution is -2.35. The fourth-order valence-corrected chi connectivity index (χ4v) is 3.15. The van der Waals surface area contributed by atoms with Crippen LogP contribution in [-0.4, -0.2) is 29.8 Å². The summed E-state index contributed by atoms with van der Waals surface area (Å²) >= 11 is 6.00. The van der Waals surface area contributed by atoms with Crippen LogP contribution in [0.15, 0.2) is 78.6 Å². The summed E-state index contributed by atoms with van der Waals surface area (Å²) in [7, 11) is 1.35. The van der Waals surface area contributed by atoms with Gasteiger partial charge in [0.15, 0.2) is 5.78 Å². The monoisotopic (exact) mass is 381 g/mol. The number of benzene rings is 2. The number of rotatable bonds is 5. The van der Waals surface area contributed by atoms with Crippen LogP contribution in [0.5, 0.6) is 0 Å². The molecule has 27 heavy (non-hydrogen) atoms. The number of allylic oxidation sites excluding steroid dienone is 2. The Kier molecular flexibility index (Phi) is 5.77. The zero-order valence-corrected chi connectivity index (χ0v) is 15.9. The van der Waals surface area contributed by atoms with Gasteiger partial charge in [-0.05, 0) is 24.6 Å². The molecule has 5 heteroatoms. The summed E-state index contributed by atoms with van der Waals surface area (Å²) in [5, 5.41) is 0.638. The van der Waals surface area contributed by atoms with Crippen LogP contribution in [-0.2, 0) is 9.53 Å². The molecule has 3 rings (SSSR count). The Balaban J connectivity index is 2.01. The topological polar surface area (TPSA) is 46.6 Å². The molecule has 0 spiro atoms. The molecular formula is C22H20ClNO3. The van der Waals surface area contributed by atoms with Gasteiger partial charge in [0.05, 0.1) is 7.11 Å². The van der Waals surface area contributed by atoms with Gasteiger partial charge in [0.25, 0.3) is 0 Å². The average Bonchev–Trinajstić information content (AvgIpc) is 2.73. The van der Waals surface area contributed by atoms with E-state index in [9.17, 15) is 9.59 Å². The minimum atomic E-state index is -0.531. The van der Waals surface area contributed by atoms with Crippen LogP contribution in [0.2, 0.25) is 5.02 Å². The molecule has 0 fully saturated rings. The number of esters is 1. The fourth-order valence-electron chi connectivity index (χ4n) is 3.02. The number of halogens is 1. The Bertz CT molecular complexity index is 888. The number of ketones is 1. The lowest BCUT2D eigenvalue weighted by Gasteiger charge is -2.29. The highest BCUT2D eigenvalue weighted by Gasteiger charge is 2.28. The normalized spacial score (nSPS) is 17.2. The number of hydrogen-bond acceptors (Lipinski definition) is 4. The van der Waals surface area contributed by atoms with E-state index in [0.29, 0.717) is 16.2 Å². The lowest BCUT2D eigenvalue weighted by molar-refractivity contribution is -0.144. The minimum Gasteiger partial charge on any atom is -0.467 e. The Morgan fingerprint density at radius 2 is 1.74 bits per heavy atom. The van der Waals surface area contributed by atoms with Crippen LogP contribution in [0.1, 0.15) is 28.8 Å². The molecule has 0 N–H and O–H groups in total. The van der Waals surface area contributed by atoms with Gasteiger partial charge in [-0.1, -0.05) is 60.1 Å². The molecule has 2 atom stereocenters. The fraction of sp³-hybridized carbons (Fsp3) is 0.182. The predicted octanol–water partition coefficient (Wildman–Crippen LogP) is 4.58. The second-order valence-electron chi connectivity index (χ2n) is 6.30. The zero-order chi connectivity index (χ0) is 19.4. The van der Waals surface area contributed by atoms with Crippen molar-refractivity contribution in [3.63, 3.8) is 0 Å². The Morgan fingerprint density at radius 1 is 1.07 bits per heavy atom. The van der Waals surface area contributed by atoms with E-state index in [1.807, 2.05) is 42.6 Å². The van der Waals surface area contributed by atoms with Gasteiger partial charge in [0, 0.05) is 34.5 Å². The number of carbonyl (C=O) groups is 2. The van der Waals surface area contributed by atoms with E-state index >= 15 is 0 Å². The van der Waals surface area contributed by atoms with Crippen molar-refractivity contribution in [3.8, 4) is 0 Å². The predicted molar refractivity (Wildman–Crippen MR) is 106 cm³/mol. The summed E-state index contributed by atoms with van der Waals surface area (Å²) in [6.07, 6.45) is 5.46. The molecule has 0 saturated heterocycles. The van der Waals surface area contributed by atoms with E-state index in [2.05, 4.69) is 0 Å². The Labute approximate surface area is 163 Å². The molecule has 0 aliphatic carbocycles. The molecule has 1 aliphatic heterocycles. The number of hydrogen-bond donors (Lipinski definition) is 0. The van der Waals surface area contributed by atoms with Gasteiger partial charge in [0.1, 0.15) is 6.04 Å². The molecule has 138 valence electrons. The molecule has 0 radical (unpaired) electrons. The summed E-state index contributed by atoms with van der Waals surface area (Å²) in [5.74, 6) is -0.676. The second kappa shape index (κ2) is 8.23. The van der Waals surface area contributed by atoms with Crippen molar-refractivity contribution in [2.24, 2.45) is 0 Å². The molecule has 2 unspecified atom stereocenters. The van der Waals surface area contributed by atoms with Crippen LogP contribution in [0, 0.1) is 0 Å². The lowest BCUT2D eigenvalue weighted by atomic mass is 9.85. The van der Waals surface area contributed by atoms with Crippen LogP contribution < -0.4 is 0 Å². The third kappa shape index (κ3) is 4.12. The van der Waals surface area contributed by atoms with Crippen molar-refractivity contribution in [3.05, 3.63) is 94.8 Å². The van der Waals surface area contributed by atoms with Gasteiger partial charge in [-0.3, -0.25) is 4.79 Å². The standard InChI is InChI=1S/C22H20ClNO3/c1-15(22(26)27-2)24-13-12-19(16-8-10-18(23)11-9-16)20(14-24)21(25)17-6-4-3-5-7-17/h3-15,19H,1-2H3. The molecule has 4 nitrogen and oxygen atoms in total. The first-order valence-corrected chi connectivity index (χ1v) is 8.99. The molecular weight excluding hydrogens is 362 g/mol. The first kappa shape index (κ1) is 18.9. The molecule has 0 aromatic heterocycles. The maximum absolute atomic E-state index is 13.2. The second-order valence-corrected chi connectivity index (χ2v) is 6.73.